The van der Waals surface area contributed by atoms with Gasteiger partial charge in [-0.3, -0.25) is 9.80 Å². The van der Waals surface area contributed by atoms with Gasteiger partial charge in [-0.1, -0.05) is 13.8 Å². The average molecular weight is 678 g/mol. The summed E-state index contributed by atoms with van der Waals surface area (Å²) in [4.78, 5) is 11.6. The molecule has 8 nitrogen and oxygen atoms in total. The van der Waals surface area contributed by atoms with Gasteiger partial charge in [-0.25, -0.2) is 0 Å². The van der Waals surface area contributed by atoms with Crippen LogP contribution in [-0.4, -0.2) is 179 Å². The topological polar surface area (TPSA) is 34.7 Å². The molecule has 2 aliphatic rings. The van der Waals surface area contributed by atoms with Crippen LogP contribution in [-0.2, 0) is 9.47 Å². The third-order valence-corrected chi connectivity index (χ3v) is 9.85. The van der Waals surface area contributed by atoms with Crippen molar-refractivity contribution in [2.24, 2.45) is 0 Å². The Bertz CT molecular complexity index is 561. The summed E-state index contributed by atoms with van der Waals surface area (Å²) in [6.45, 7) is 48.4. The van der Waals surface area contributed by atoms with Crippen molar-refractivity contribution in [1.29, 1.82) is 0 Å². The van der Waals surface area contributed by atoms with Gasteiger partial charge in [0.1, 0.15) is 0 Å². The van der Waals surface area contributed by atoms with E-state index in [1.165, 1.54) is 30.7 Å². The van der Waals surface area contributed by atoms with E-state index in [2.05, 4.69) is 171 Å². The van der Waals surface area contributed by atoms with Crippen LogP contribution in [0.25, 0.3) is 0 Å². The maximum absolute atomic E-state index is 5.21. The summed E-state index contributed by atoms with van der Waals surface area (Å²) in [6, 6.07) is 4.22. The number of quaternary nitrogens is 1. The van der Waals surface area contributed by atoms with Gasteiger partial charge < -0.3 is 28.7 Å². The van der Waals surface area contributed by atoms with E-state index < -0.39 is 0 Å². The molecule has 0 aromatic rings. The molecule has 2 aliphatic heterocycles. The number of ether oxygens (including phenoxy) is 2. The molecule has 0 atom stereocenters. The maximum atomic E-state index is 5.21. The fraction of sp³-hybridized carbons (Fsp3) is 1.00. The van der Waals surface area contributed by atoms with Crippen molar-refractivity contribution >= 4 is 0 Å². The number of hydrogen-bond donors (Lipinski definition) is 0. The summed E-state index contributed by atoms with van der Waals surface area (Å²) < 4.78 is 11.6. The summed E-state index contributed by atoms with van der Waals surface area (Å²) in [7, 11) is 10.6. The first-order valence-corrected chi connectivity index (χ1v) is 19.2. The van der Waals surface area contributed by atoms with Gasteiger partial charge in [-0.15, -0.1) is 0 Å². The average Bonchev–Trinajstić information content (AvgIpc) is 3.03. The lowest BCUT2D eigenvalue weighted by molar-refractivity contribution is -0.926. The van der Waals surface area contributed by atoms with Crippen LogP contribution < -0.4 is 0 Å². The van der Waals surface area contributed by atoms with E-state index in [0.717, 1.165) is 58.6 Å². The molecule has 0 spiro atoms. The first-order chi connectivity index (χ1) is 21.7. The Balaban J connectivity index is -0.000000238. The van der Waals surface area contributed by atoms with Crippen LogP contribution in [0.1, 0.15) is 111 Å². The Morgan fingerprint density at radius 1 is 0.511 bits per heavy atom. The number of rotatable bonds is 10. The van der Waals surface area contributed by atoms with Gasteiger partial charge in [0.2, 0.25) is 0 Å². The number of nitrogens with zero attached hydrogens (tertiary/aromatic N) is 6. The SMILES string of the molecule is CC(C)N(C)C.CC(C)N(C)C.CC(C)N1CCOCC1.CC(C)N1CCOCC1.CCN(CC)C(C)C.CC[N+](C)(CC)C(C)C. The first-order valence-electron chi connectivity index (χ1n) is 19.2. The molecule has 0 unspecified atom stereocenters. The molecule has 47 heavy (non-hydrogen) atoms. The van der Waals surface area contributed by atoms with E-state index >= 15 is 0 Å². The molecule has 2 saturated heterocycles. The minimum absolute atomic E-state index is 0.685. The second kappa shape index (κ2) is 32.9. The van der Waals surface area contributed by atoms with Crippen LogP contribution >= 0.6 is 0 Å². The molecule has 0 aromatic heterocycles. The van der Waals surface area contributed by atoms with Crippen molar-refractivity contribution in [3.05, 3.63) is 0 Å². The zero-order valence-electron chi connectivity index (χ0n) is 36.4. The van der Waals surface area contributed by atoms with Gasteiger partial charge in [0.05, 0.1) is 52.6 Å². The zero-order valence-corrected chi connectivity index (χ0v) is 36.4. The summed E-state index contributed by atoms with van der Waals surface area (Å²) in [6.07, 6.45) is 0. The third-order valence-electron chi connectivity index (χ3n) is 9.85. The number of morpholine rings is 2. The molecule has 0 radical (unpaired) electrons. The van der Waals surface area contributed by atoms with Crippen molar-refractivity contribution < 1.29 is 14.0 Å². The minimum atomic E-state index is 0.685. The van der Waals surface area contributed by atoms with Crippen LogP contribution in [0, 0.1) is 0 Å². The van der Waals surface area contributed by atoms with Crippen molar-refractivity contribution in [2.75, 3.05) is 114 Å². The van der Waals surface area contributed by atoms with Crippen LogP contribution in [0.4, 0.5) is 0 Å². The lowest BCUT2D eigenvalue weighted by atomic mass is 10.2. The molecular weight excluding hydrogens is 584 g/mol. The fourth-order valence-electron chi connectivity index (χ4n) is 4.10. The minimum Gasteiger partial charge on any atom is -0.379 e. The zero-order chi connectivity index (χ0) is 37.8. The summed E-state index contributed by atoms with van der Waals surface area (Å²) in [5, 5.41) is 0. The Labute approximate surface area is 299 Å². The maximum Gasteiger partial charge on any atom is 0.0831 e. The van der Waals surface area contributed by atoms with Crippen LogP contribution in [0.5, 0.6) is 0 Å². The van der Waals surface area contributed by atoms with E-state index in [-0.39, 0.29) is 0 Å². The Morgan fingerprint density at radius 3 is 0.830 bits per heavy atom. The van der Waals surface area contributed by atoms with Gasteiger partial charge in [0.25, 0.3) is 0 Å². The van der Waals surface area contributed by atoms with Gasteiger partial charge in [0, 0.05) is 56.4 Å². The molecule has 2 heterocycles. The lowest BCUT2D eigenvalue weighted by Gasteiger charge is -2.36. The van der Waals surface area contributed by atoms with E-state index in [9.17, 15) is 0 Å². The monoisotopic (exact) mass is 678 g/mol. The van der Waals surface area contributed by atoms with Crippen molar-refractivity contribution in [3.8, 4) is 0 Å². The number of hydrogen-bond acceptors (Lipinski definition) is 7. The fourth-order valence-corrected chi connectivity index (χ4v) is 4.10. The smallest absolute Gasteiger partial charge is 0.0831 e. The van der Waals surface area contributed by atoms with E-state index in [1.54, 1.807) is 0 Å². The van der Waals surface area contributed by atoms with E-state index in [0.29, 0.717) is 30.2 Å². The van der Waals surface area contributed by atoms with Crippen molar-refractivity contribution in [2.45, 2.75) is 147 Å². The quantitative estimate of drug-likeness (QED) is 0.231. The van der Waals surface area contributed by atoms with Crippen LogP contribution in [0.15, 0.2) is 0 Å². The Morgan fingerprint density at radius 2 is 0.766 bits per heavy atom. The highest BCUT2D eigenvalue weighted by atomic mass is 16.5. The van der Waals surface area contributed by atoms with Crippen LogP contribution in [0.3, 0.4) is 0 Å². The van der Waals surface area contributed by atoms with Crippen molar-refractivity contribution in [3.63, 3.8) is 0 Å². The molecule has 0 N–H and O–H groups in total. The second-order valence-corrected chi connectivity index (χ2v) is 15.1. The predicted octanol–water partition coefficient (Wildman–Crippen LogP) is 6.98. The molecule has 0 saturated carbocycles. The van der Waals surface area contributed by atoms with Crippen molar-refractivity contribution in [1.82, 2.24) is 24.5 Å². The van der Waals surface area contributed by atoms with Gasteiger partial charge >= 0.3 is 0 Å². The van der Waals surface area contributed by atoms with E-state index in [1.807, 2.05) is 0 Å². The first kappa shape index (κ1) is 53.5. The standard InChI is InChI=1S/C8H20N.2C7H15NO.C7H17N.2C5H13N/c1-6-9(5,7-2)8(3)4;2*1-7(2)8-3-5-9-6-4-8;1-5-8(6-2)7(3)4;2*1-5(2)6(3)4/h8H,6-7H2,1-5H3;2*7H,3-6H2,1-2H3;7H,5-6H2,1-4H3;2*5H,1-4H3/q+1;;;;;. The highest BCUT2D eigenvalue weighted by Crippen LogP contribution is 2.07. The molecule has 0 aromatic carbocycles. The second-order valence-electron chi connectivity index (χ2n) is 15.1. The highest BCUT2D eigenvalue weighted by Gasteiger charge is 2.20. The molecule has 2 rings (SSSR count). The van der Waals surface area contributed by atoms with Gasteiger partial charge in [0.15, 0.2) is 0 Å². The molecule has 2 fully saturated rings. The normalized spacial score (nSPS) is 16.0. The molecular formula is C39H93N6O2+. The van der Waals surface area contributed by atoms with Crippen LogP contribution in [0.2, 0.25) is 0 Å². The van der Waals surface area contributed by atoms with E-state index in [4.69, 9.17) is 9.47 Å². The highest BCUT2D eigenvalue weighted by molar-refractivity contribution is 4.65. The molecule has 0 amide bonds. The summed E-state index contributed by atoms with van der Waals surface area (Å²) in [5.41, 5.74) is 0. The summed E-state index contributed by atoms with van der Waals surface area (Å²) in [5.74, 6) is 0. The third kappa shape index (κ3) is 32.6. The molecule has 8 heteroatoms. The largest absolute Gasteiger partial charge is 0.379 e. The predicted molar refractivity (Wildman–Crippen MR) is 213 cm³/mol. The van der Waals surface area contributed by atoms with Gasteiger partial charge in [-0.05, 0) is 138 Å². The molecule has 290 valence electrons. The molecule has 0 aliphatic carbocycles. The van der Waals surface area contributed by atoms with Gasteiger partial charge in [-0.2, -0.15) is 0 Å². The summed E-state index contributed by atoms with van der Waals surface area (Å²) >= 11 is 0. The molecule has 0 bridgehead atoms. The Hall–Kier alpha value is -0.320. The Kier molecular flexibility index (Phi) is 37.4. The lowest BCUT2D eigenvalue weighted by Crippen LogP contribution is -2.49.